The van der Waals surface area contributed by atoms with Crippen molar-refractivity contribution >= 4 is 28.4 Å². The number of aromatic nitrogens is 2. The number of rotatable bonds is 7. The van der Waals surface area contributed by atoms with Crippen molar-refractivity contribution in [3.8, 4) is 23.3 Å². The summed E-state index contributed by atoms with van der Waals surface area (Å²) in [7, 11) is 3.03. The zero-order valence-corrected chi connectivity index (χ0v) is 18.8. The van der Waals surface area contributed by atoms with Crippen molar-refractivity contribution in [1.82, 2.24) is 9.55 Å². The quantitative estimate of drug-likeness (QED) is 0.233. The Morgan fingerprint density at radius 2 is 1.82 bits per heavy atom. The van der Waals surface area contributed by atoms with E-state index in [2.05, 4.69) is 11.1 Å². The molecule has 0 saturated heterocycles. The number of nitriles is 1. The highest BCUT2D eigenvalue weighted by Crippen LogP contribution is 2.28. The summed E-state index contributed by atoms with van der Waals surface area (Å²) in [5.41, 5.74) is 1.76. The minimum atomic E-state index is -0.248. The molecule has 164 valence electrons. The Morgan fingerprint density at radius 1 is 1.06 bits per heavy atom. The van der Waals surface area contributed by atoms with Crippen molar-refractivity contribution in [3.05, 3.63) is 88.2 Å². The van der Waals surface area contributed by atoms with E-state index < -0.39 is 0 Å². The van der Waals surface area contributed by atoms with Crippen LogP contribution in [-0.2, 0) is 0 Å². The van der Waals surface area contributed by atoms with Crippen LogP contribution in [0.2, 0.25) is 0 Å². The lowest BCUT2D eigenvalue weighted by Gasteiger charge is -2.14. The lowest BCUT2D eigenvalue weighted by atomic mass is 10.1. The molecule has 4 aromatic rings. The molecule has 0 atom stereocenters. The molecule has 3 aromatic carbocycles. The summed E-state index contributed by atoms with van der Waals surface area (Å²) in [6.07, 6.45) is 0. The highest BCUT2D eigenvalue weighted by atomic mass is 32.2. The second-order valence-corrected chi connectivity index (χ2v) is 7.93. The standard InChI is InChI=1S/C25H19N3O4S/c1-31-18-11-12-20(23(13-18)32-2)22(29)15-33-25-27-21-6-4-3-5-19(21)24(30)28(25)17-9-7-16(14-26)8-10-17/h3-13H,15H2,1-2H3. The van der Waals surface area contributed by atoms with Crippen LogP contribution < -0.4 is 15.0 Å². The highest BCUT2D eigenvalue weighted by molar-refractivity contribution is 7.99. The van der Waals surface area contributed by atoms with Gasteiger partial charge in [-0.3, -0.25) is 14.2 Å². The van der Waals surface area contributed by atoms with Crippen molar-refractivity contribution in [2.75, 3.05) is 20.0 Å². The molecule has 0 aliphatic rings. The number of nitrogens with zero attached hydrogens (tertiary/aromatic N) is 3. The van der Waals surface area contributed by atoms with Gasteiger partial charge in [-0.2, -0.15) is 5.26 Å². The van der Waals surface area contributed by atoms with Gasteiger partial charge in [-0.1, -0.05) is 23.9 Å². The molecule has 0 aliphatic carbocycles. The third kappa shape index (κ3) is 4.45. The van der Waals surface area contributed by atoms with E-state index in [0.29, 0.717) is 44.4 Å². The van der Waals surface area contributed by atoms with Crippen LogP contribution in [0.3, 0.4) is 0 Å². The lowest BCUT2D eigenvalue weighted by molar-refractivity contribution is 0.101. The van der Waals surface area contributed by atoms with Crippen molar-refractivity contribution in [3.63, 3.8) is 0 Å². The van der Waals surface area contributed by atoms with E-state index in [4.69, 9.17) is 14.7 Å². The topological polar surface area (TPSA) is 94.2 Å². The normalized spacial score (nSPS) is 10.6. The predicted molar refractivity (Wildman–Crippen MR) is 127 cm³/mol. The minimum Gasteiger partial charge on any atom is -0.497 e. The second-order valence-electron chi connectivity index (χ2n) is 6.99. The van der Waals surface area contributed by atoms with Gasteiger partial charge in [0.1, 0.15) is 11.5 Å². The fraction of sp³-hybridized carbons (Fsp3) is 0.120. The van der Waals surface area contributed by atoms with E-state index in [0.717, 1.165) is 11.8 Å². The number of para-hydroxylation sites is 1. The summed E-state index contributed by atoms with van der Waals surface area (Å²) in [6, 6.07) is 20.8. The molecule has 1 heterocycles. The molecule has 0 amide bonds. The first-order valence-corrected chi connectivity index (χ1v) is 10.9. The van der Waals surface area contributed by atoms with Crippen molar-refractivity contribution in [2.24, 2.45) is 0 Å². The molecule has 33 heavy (non-hydrogen) atoms. The number of carbonyl (C=O) groups excluding carboxylic acids is 1. The largest absolute Gasteiger partial charge is 0.497 e. The van der Waals surface area contributed by atoms with Gasteiger partial charge in [0.05, 0.1) is 53.8 Å². The van der Waals surface area contributed by atoms with Crippen molar-refractivity contribution in [1.29, 1.82) is 5.26 Å². The molecule has 0 radical (unpaired) electrons. The first kappa shape index (κ1) is 22.1. The van der Waals surface area contributed by atoms with Gasteiger partial charge in [0.15, 0.2) is 10.9 Å². The first-order valence-electron chi connectivity index (χ1n) is 9.96. The summed E-state index contributed by atoms with van der Waals surface area (Å²) in [6.45, 7) is 0. The Kier molecular flexibility index (Phi) is 6.43. The van der Waals surface area contributed by atoms with Gasteiger partial charge in [0.25, 0.3) is 5.56 Å². The Balaban J connectivity index is 1.73. The number of ketones is 1. The minimum absolute atomic E-state index is 0.0454. The van der Waals surface area contributed by atoms with Crippen LogP contribution in [0, 0.1) is 11.3 Å². The molecule has 0 saturated carbocycles. The van der Waals surface area contributed by atoms with Gasteiger partial charge >= 0.3 is 0 Å². The van der Waals surface area contributed by atoms with E-state index in [1.807, 2.05) is 6.07 Å². The predicted octanol–water partition coefficient (Wildman–Crippen LogP) is 4.25. The average molecular weight is 458 g/mol. The van der Waals surface area contributed by atoms with Gasteiger partial charge in [-0.25, -0.2) is 4.98 Å². The van der Waals surface area contributed by atoms with Crippen LogP contribution in [0.25, 0.3) is 16.6 Å². The lowest BCUT2D eigenvalue weighted by Crippen LogP contribution is -2.22. The van der Waals surface area contributed by atoms with Crippen molar-refractivity contribution < 1.29 is 14.3 Å². The van der Waals surface area contributed by atoms with Gasteiger partial charge in [0, 0.05) is 6.07 Å². The van der Waals surface area contributed by atoms with E-state index in [9.17, 15) is 9.59 Å². The molecule has 1 aromatic heterocycles. The molecule has 8 heteroatoms. The smallest absolute Gasteiger partial charge is 0.266 e. The number of hydrogen-bond acceptors (Lipinski definition) is 7. The zero-order valence-electron chi connectivity index (χ0n) is 17.9. The molecule has 0 N–H and O–H groups in total. The van der Waals surface area contributed by atoms with E-state index in [-0.39, 0.29) is 17.1 Å². The summed E-state index contributed by atoms with van der Waals surface area (Å²) in [5, 5.41) is 9.93. The van der Waals surface area contributed by atoms with Crippen LogP contribution in [0.4, 0.5) is 0 Å². The third-order valence-electron chi connectivity index (χ3n) is 5.04. The molecule has 4 rings (SSSR count). The average Bonchev–Trinajstić information content (AvgIpc) is 2.87. The number of benzene rings is 3. The van der Waals surface area contributed by atoms with E-state index >= 15 is 0 Å². The summed E-state index contributed by atoms with van der Waals surface area (Å²) in [5.74, 6) is 0.870. The Bertz CT molecular complexity index is 1440. The molecular weight excluding hydrogens is 438 g/mol. The SMILES string of the molecule is COc1ccc(C(=O)CSc2nc3ccccc3c(=O)n2-c2ccc(C#N)cc2)c(OC)c1. The molecule has 0 unspecified atom stereocenters. The van der Waals surface area contributed by atoms with Crippen LogP contribution in [0.5, 0.6) is 11.5 Å². The summed E-state index contributed by atoms with van der Waals surface area (Å²) >= 11 is 1.16. The van der Waals surface area contributed by atoms with Crippen LogP contribution in [0.15, 0.2) is 76.7 Å². The highest BCUT2D eigenvalue weighted by Gasteiger charge is 2.18. The molecular formula is C25H19N3O4S. The number of hydrogen-bond donors (Lipinski definition) is 0. The monoisotopic (exact) mass is 457 g/mol. The zero-order chi connectivity index (χ0) is 23.4. The molecule has 0 fully saturated rings. The fourth-order valence-electron chi connectivity index (χ4n) is 3.36. The Labute approximate surface area is 194 Å². The Hall–Kier alpha value is -4.09. The van der Waals surface area contributed by atoms with Crippen molar-refractivity contribution in [2.45, 2.75) is 5.16 Å². The molecule has 7 nitrogen and oxygen atoms in total. The number of ether oxygens (including phenoxy) is 2. The summed E-state index contributed by atoms with van der Waals surface area (Å²) < 4.78 is 12.0. The number of Topliss-reactive ketones (excluding diaryl/α,β-unsaturated/α-hetero) is 1. The summed E-state index contributed by atoms with van der Waals surface area (Å²) in [4.78, 5) is 30.9. The van der Waals surface area contributed by atoms with E-state index in [1.165, 1.54) is 11.7 Å². The Morgan fingerprint density at radius 3 is 2.52 bits per heavy atom. The third-order valence-corrected chi connectivity index (χ3v) is 5.98. The number of methoxy groups -OCH3 is 2. The molecule has 0 aliphatic heterocycles. The number of carbonyl (C=O) groups is 1. The number of thioether (sulfide) groups is 1. The second kappa shape index (κ2) is 9.59. The molecule has 0 spiro atoms. The van der Waals surface area contributed by atoms with Gasteiger partial charge in [0.2, 0.25) is 0 Å². The van der Waals surface area contributed by atoms with E-state index in [1.54, 1.807) is 67.8 Å². The van der Waals surface area contributed by atoms with Gasteiger partial charge in [-0.05, 0) is 48.5 Å². The maximum absolute atomic E-state index is 13.3. The van der Waals surface area contributed by atoms with Crippen LogP contribution in [-0.4, -0.2) is 35.3 Å². The van der Waals surface area contributed by atoms with Gasteiger partial charge in [-0.15, -0.1) is 0 Å². The fourth-order valence-corrected chi connectivity index (χ4v) is 4.25. The maximum Gasteiger partial charge on any atom is 0.266 e. The first-order chi connectivity index (χ1) is 16.0. The van der Waals surface area contributed by atoms with Crippen LogP contribution in [0.1, 0.15) is 15.9 Å². The van der Waals surface area contributed by atoms with Crippen LogP contribution >= 0.6 is 11.8 Å². The molecule has 0 bridgehead atoms. The van der Waals surface area contributed by atoms with Gasteiger partial charge < -0.3 is 9.47 Å². The number of fused-ring (bicyclic) bond motifs is 1. The maximum atomic E-state index is 13.3.